The molecule has 3 N–H and O–H groups in total. The lowest BCUT2D eigenvalue weighted by Gasteiger charge is -2.26. The van der Waals surface area contributed by atoms with Gasteiger partial charge in [0.2, 0.25) is 0 Å². The number of rotatable bonds is 2. The van der Waals surface area contributed by atoms with Crippen LogP contribution in [0.25, 0.3) is 27.8 Å². The van der Waals surface area contributed by atoms with Gasteiger partial charge in [0.1, 0.15) is 22.8 Å². The Kier molecular flexibility index (Phi) is 5.17. The smallest absolute Gasteiger partial charge is 0.254 e. The summed E-state index contributed by atoms with van der Waals surface area (Å²) in [5.74, 6) is 6.90. The molecular formula is C27H22N6O2. The summed E-state index contributed by atoms with van der Waals surface area (Å²) >= 11 is 0. The van der Waals surface area contributed by atoms with Crippen molar-refractivity contribution in [2.45, 2.75) is 0 Å². The number of aromatic amines is 1. The van der Waals surface area contributed by atoms with Crippen molar-refractivity contribution in [3.8, 4) is 23.0 Å². The average molecular weight is 463 g/mol. The van der Waals surface area contributed by atoms with Gasteiger partial charge in [0.05, 0.1) is 19.4 Å². The van der Waals surface area contributed by atoms with Crippen LogP contribution in [0.3, 0.4) is 0 Å². The van der Waals surface area contributed by atoms with Crippen LogP contribution in [0.1, 0.15) is 21.6 Å². The van der Waals surface area contributed by atoms with Crippen LogP contribution in [0, 0.1) is 11.8 Å². The van der Waals surface area contributed by atoms with Crippen LogP contribution in [0.4, 0.5) is 5.82 Å². The second-order valence-electron chi connectivity index (χ2n) is 8.36. The first kappa shape index (κ1) is 21.0. The van der Waals surface area contributed by atoms with Crippen LogP contribution in [0.15, 0.2) is 67.1 Å². The normalized spacial score (nSPS) is 13.7. The molecule has 5 heterocycles. The molecule has 0 aliphatic carbocycles. The number of carbonyl (C=O) groups excluding carboxylic acids is 1. The van der Waals surface area contributed by atoms with E-state index in [2.05, 4.69) is 26.8 Å². The van der Waals surface area contributed by atoms with Gasteiger partial charge >= 0.3 is 0 Å². The third kappa shape index (κ3) is 3.98. The number of fused-ring (bicyclic) bond motifs is 2. The van der Waals surface area contributed by atoms with E-state index in [1.165, 1.54) is 0 Å². The highest BCUT2D eigenvalue weighted by Gasteiger charge is 2.18. The summed E-state index contributed by atoms with van der Waals surface area (Å²) < 4.78 is 7.31. The number of hydrogen-bond acceptors (Lipinski definition) is 5. The topological polar surface area (TPSA) is 102 Å². The zero-order valence-electron chi connectivity index (χ0n) is 18.9. The van der Waals surface area contributed by atoms with E-state index in [4.69, 9.17) is 10.5 Å². The number of aromatic nitrogens is 4. The number of anilines is 1. The zero-order valence-corrected chi connectivity index (χ0v) is 18.9. The molecule has 1 amide bonds. The molecular weight excluding hydrogens is 440 g/mol. The van der Waals surface area contributed by atoms with Crippen LogP contribution < -0.4 is 5.73 Å². The summed E-state index contributed by atoms with van der Waals surface area (Å²) in [5.41, 5.74) is 11.7. The Morgan fingerprint density at radius 2 is 1.83 bits per heavy atom. The lowest BCUT2D eigenvalue weighted by atomic mass is 10.0. The number of pyridine rings is 2. The summed E-state index contributed by atoms with van der Waals surface area (Å²) in [4.78, 5) is 26.4. The van der Waals surface area contributed by atoms with Gasteiger partial charge in [0, 0.05) is 42.0 Å². The highest BCUT2D eigenvalue weighted by molar-refractivity contribution is 5.94. The van der Waals surface area contributed by atoms with Crippen LogP contribution in [0.2, 0.25) is 0 Å². The van der Waals surface area contributed by atoms with Crippen LogP contribution >= 0.6 is 0 Å². The maximum absolute atomic E-state index is 12.7. The molecule has 0 unspecified atom stereocenters. The molecule has 1 aromatic carbocycles. The maximum Gasteiger partial charge on any atom is 0.254 e. The largest absolute Gasteiger partial charge is 0.384 e. The van der Waals surface area contributed by atoms with Gasteiger partial charge in [-0.1, -0.05) is 18.1 Å². The lowest BCUT2D eigenvalue weighted by molar-refractivity contribution is 0.0303. The molecule has 1 saturated heterocycles. The number of nitrogens with zero attached hydrogens (tertiary/aromatic N) is 4. The van der Waals surface area contributed by atoms with Gasteiger partial charge in [0.25, 0.3) is 5.91 Å². The summed E-state index contributed by atoms with van der Waals surface area (Å²) in [7, 11) is 0. The fraction of sp³-hybridized carbons (Fsp3) is 0.148. The van der Waals surface area contributed by atoms with Crippen molar-refractivity contribution in [2.75, 3.05) is 32.0 Å². The number of amides is 1. The molecule has 8 heteroatoms. The number of H-pyrrole nitrogens is 1. The van der Waals surface area contributed by atoms with Crippen LogP contribution in [-0.4, -0.2) is 56.5 Å². The van der Waals surface area contributed by atoms with E-state index in [1.807, 2.05) is 64.2 Å². The van der Waals surface area contributed by atoms with Crippen molar-refractivity contribution in [3.63, 3.8) is 0 Å². The fourth-order valence-electron chi connectivity index (χ4n) is 4.29. The molecule has 4 aromatic heterocycles. The number of ether oxygens (including phenoxy) is 1. The van der Waals surface area contributed by atoms with Crippen molar-refractivity contribution in [2.24, 2.45) is 0 Å². The number of nitrogens with one attached hydrogen (secondary N) is 1. The Morgan fingerprint density at radius 3 is 2.66 bits per heavy atom. The van der Waals surface area contributed by atoms with E-state index in [0.717, 1.165) is 33.4 Å². The molecule has 1 fully saturated rings. The molecule has 0 spiro atoms. The molecule has 0 radical (unpaired) electrons. The third-order valence-electron chi connectivity index (χ3n) is 6.14. The molecule has 172 valence electrons. The zero-order chi connectivity index (χ0) is 23.8. The number of benzene rings is 1. The van der Waals surface area contributed by atoms with E-state index >= 15 is 0 Å². The molecule has 0 saturated carbocycles. The number of morpholine rings is 1. The average Bonchev–Trinajstić information content (AvgIpc) is 3.54. The number of nitrogen functional groups attached to an aromatic ring is 1. The number of carbonyl (C=O) groups is 1. The molecule has 1 aliphatic heterocycles. The van der Waals surface area contributed by atoms with Crippen molar-refractivity contribution in [1.29, 1.82) is 0 Å². The maximum atomic E-state index is 12.7. The van der Waals surface area contributed by atoms with Crippen LogP contribution in [-0.2, 0) is 4.74 Å². The van der Waals surface area contributed by atoms with Crippen molar-refractivity contribution >= 4 is 28.4 Å². The van der Waals surface area contributed by atoms with Crippen molar-refractivity contribution in [1.82, 2.24) is 24.3 Å². The third-order valence-corrected chi connectivity index (χ3v) is 6.14. The van der Waals surface area contributed by atoms with Gasteiger partial charge in [-0.2, -0.15) is 0 Å². The lowest BCUT2D eigenvalue weighted by Crippen LogP contribution is -2.40. The first-order valence-electron chi connectivity index (χ1n) is 11.4. The van der Waals surface area contributed by atoms with Gasteiger partial charge in [-0.3, -0.25) is 9.20 Å². The second-order valence-corrected chi connectivity index (χ2v) is 8.36. The molecule has 1 aliphatic rings. The summed E-state index contributed by atoms with van der Waals surface area (Å²) in [6, 6.07) is 15.4. The van der Waals surface area contributed by atoms with Gasteiger partial charge < -0.3 is 20.4 Å². The summed E-state index contributed by atoms with van der Waals surface area (Å²) in [6.45, 7) is 2.43. The van der Waals surface area contributed by atoms with E-state index in [-0.39, 0.29) is 5.91 Å². The van der Waals surface area contributed by atoms with E-state index in [0.29, 0.717) is 43.3 Å². The first-order chi connectivity index (χ1) is 17.2. The Labute approximate surface area is 201 Å². The Hall–Kier alpha value is -4.61. The molecule has 0 atom stereocenters. The minimum atomic E-state index is 0.0377. The monoisotopic (exact) mass is 462 g/mol. The van der Waals surface area contributed by atoms with Gasteiger partial charge in [-0.25, -0.2) is 9.97 Å². The van der Waals surface area contributed by atoms with E-state index < -0.39 is 0 Å². The molecule has 0 bridgehead atoms. The quantitative estimate of drug-likeness (QED) is 0.392. The minimum Gasteiger partial charge on any atom is -0.384 e. The Morgan fingerprint density at radius 1 is 1.03 bits per heavy atom. The van der Waals surface area contributed by atoms with Crippen molar-refractivity contribution < 1.29 is 9.53 Å². The minimum absolute atomic E-state index is 0.0377. The van der Waals surface area contributed by atoms with E-state index in [9.17, 15) is 4.79 Å². The predicted octanol–water partition coefficient (Wildman–Crippen LogP) is 3.33. The fourth-order valence-corrected chi connectivity index (χ4v) is 4.29. The number of imidazole rings is 1. The predicted molar refractivity (Wildman–Crippen MR) is 134 cm³/mol. The highest BCUT2D eigenvalue weighted by Crippen LogP contribution is 2.22. The number of nitrogens with two attached hydrogens (primary N) is 1. The summed E-state index contributed by atoms with van der Waals surface area (Å²) in [5, 5.41) is 0.924. The second kappa shape index (κ2) is 8.63. The van der Waals surface area contributed by atoms with Gasteiger partial charge in [-0.05, 0) is 53.4 Å². The summed E-state index contributed by atoms with van der Waals surface area (Å²) in [6.07, 6.45) is 5.59. The standard InChI is InChI=1S/C27H22N6O2/c28-24-15-20(23-9-10-29-26(23)31-24)5-7-22-16-30-25-8-6-21(17-33(22)25)18-1-3-19(4-2-18)27(34)32-11-13-35-14-12-32/h1-4,6,8-10,15-17H,11-14H2,(H3,28,29,31). The molecule has 6 rings (SSSR count). The highest BCUT2D eigenvalue weighted by atomic mass is 16.5. The van der Waals surface area contributed by atoms with Crippen LogP contribution in [0.5, 0.6) is 0 Å². The van der Waals surface area contributed by atoms with Gasteiger partial charge in [0.15, 0.2) is 0 Å². The van der Waals surface area contributed by atoms with Crippen molar-refractivity contribution in [3.05, 3.63) is 83.9 Å². The first-order valence-corrected chi connectivity index (χ1v) is 11.4. The molecule has 35 heavy (non-hydrogen) atoms. The molecule has 5 aromatic rings. The Balaban J connectivity index is 1.30. The molecule has 8 nitrogen and oxygen atoms in total. The number of hydrogen-bond donors (Lipinski definition) is 2. The Bertz CT molecular complexity index is 1610. The van der Waals surface area contributed by atoms with Gasteiger partial charge in [-0.15, -0.1) is 0 Å². The van der Waals surface area contributed by atoms with E-state index in [1.54, 1.807) is 12.3 Å². The SMILES string of the molecule is Nc1cc(C#Cc2cnc3ccc(-c4ccc(C(=O)N5CCOCC5)cc4)cn23)c2cc[nH]c2n1.